The molecule has 0 saturated carbocycles. The maximum absolute atomic E-state index is 12.3. The predicted octanol–water partition coefficient (Wildman–Crippen LogP) is 3.63. The van der Waals surface area contributed by atoms with Crippen molar-refractivity contribution in [3.63, 3.8) is 0 Å². The highest BCUT2D eigenvalue weighted by Crippen LogP contribution is 2.25. The summed E-state index contributed by atoms with van der Waals surface area (Å²) in [5.41, 5.74) is 0.814. The van der Waals surface area contributed by atoms with Gasteiger partial charge in [-0.2, -0.15) is 0 Å². The van der Waals surface area contributed by atoms with Crippen molar-refractivity contribution >= 4 is 17.7 Å². The van der Waals surface area contributed by atoms with E-state index < -0.39 is 6.10 Å². The van der Waals surface area contributed by atoms with E-state index in [0.717, 1.165) is 10.5 Å². The Labute approximate surface area is 143 Å². The van der Waals surface area contributed by atoms with Crippen LogP contribution in [0.3, 0.4) is 0 Å². The van der Waals surface area contributed by atoms with Gasteiger partial charge >= 0.3 is 0 Å². The number of benzene rings is 1. The van der Waals surface area contributed by atoms with E-state index >= 15 is 0 Å². The number of aliphatic hydroxyl groups excluding tert-OH is 1. The van der Waals surface area contributed by atoms with Crippen molar-refractivity contribution in [2.45, 2.75) is 16.8 Å². The number of carbonyl (C=O) groups is 1. The molecule has 0 spiro atoms. The molecule has 0 aliphatic rings. The van der Waals surface area contributed by atoms with Gasteiger partial charge in [0.05, 0.1) is 19.1 Å². The Morgan fingerprint density at radius 2 is 1.92 bits per heavy atom. The largest absolute Gasteiger partial charge is 0.467 e. The van der Waals surface area contributed by atoms with Crippen LogP contribution in [0, 0.1) is 0 Å². The summed E-state index contributed by atoms with van der Waals surface area (Å²) in [4.78, 5) is 13.4. The molecule has 2 heterocycles. The molecule has 1 aromatic carbocycles. The Morgan fingerprint density at radius 3 is 2.67 bits per heavy atom. The van der Waals surface area contributed by atoms with Crippen LogP contribution in [-0.2, 0) is 5.75 Å². The van der Waals surface area contributed by atoms with Gasteiger partial charge in [0, 0.05) is 16.2 Å². The van der Waals surface area contributed by atoms with E-state index in [4.69, 9.17) is 8.83 Å². The summed E-state index contributed by atoms with van der Waals surface area (Å²) in [7, 11) is 0. The zero-order valence-electron chi connectivity index (χ0n) is 12.8. The molecule has 0 aliphatic heterocycles. The third-order valence-corrected chi connectivity index (χ3v) is 4.48. The van der Waals surface area contributed by atoms with Gasteiger partial charge in [0.1, 0.15) is 11.9 Å². The summed E-state index contributed by atoms with van der Waals surface area (Å²) in [6, 6.07) is 15.1. The third kappa shape index (κ3) is 4.10. The summed E-state index contributed by atoms with van der Waals surface area (Å²) in [6.07, 6.45) is 2.09. The Hall–Kier alpha value is -2.44. The molecule has 2 aromatic heterocycles. The number of thioether (sulfide) groups is 1. The van der Waals surface area contributed by atoms with Gasteiger partial charge in [0.15, 0.2) is 5.76 Å². The van der Waals surface area contributed by atoms with E-state index in [2.05, 4.69) is 5.32 Å². The van der Waals surface area contributed by atoms with Gasteiger partial charge in [-0.15, -0.1) is 11.8 Å². The summed E-state index contributed by atoms with van der Waals surface area (Å²) >= 11 is 1.63. The normalized spacial score (nSPS) is 12.0. The minimum absolute atomic E-state index is 0.0539. The average Bonchev–Trinajstić information content (AvgIpc) is 3.30. The van der Waals surface area contributed by atoms with E-state index in [0.29, 0.717) is 11.5 Å². The molecule has 0 radical (unpaired) electrons. The fraction of sp³-hybridized carbons (Fsp3) is 0.167. The molecule has 3 aromatic rings. The van der Waals surface area contributed by atoms with Gasteiger partial charge in [-0.25, -0.2) is 0 Å². The highest BCUT2D eigenvalue weighted by atomic mass is 32.2. The number of amides is 1. The van der Waals surface area contributed by atoms with E-state index in [1.165, 1.54) is 12.5 Å². The lowest BCUT2D eigenvalue weighted by molar-refractivity contribution is 0.0873. The quantitative estimate of drug-likeness (QED) is 0.641. The first-order valence-electron chi connectivity index (χ1n) is 7.48. The molecule has 0 saturated heterocycles. The van der Waals surface area contributed by atoms with Crippen LogP contribution < -0.4 is 5.32 Å². The minimum atomic E-state index is -0.888. The lowest BCUT2D eigenvalue weighted by atomic mass is 10.2. The average molecular weight is 343 g/mol. The zero-order chi connectivity index (χ0) is 16.8. The molecule has 5 nitrogen and oxygen atoms in total. The van der Waals surface area contributed by atoms with Crippen LogP contribution in [-0.4, -0.2) is 17.6 Å². The van der Waals surface area contributed by atoms with Crippen LogP contribution in [0.25, 0.3) is 0 Å². The molecular formula is C18H17NO4S. The second kappa shape index (κ2) is 7.90. The van der Waals surface area contributed by atoms with Crippen LogP contribution in [0.4, 0.5) is 0 Å². The Balaban J connectivity index is 1.56. The Kier molecular flexibility index (Phi) is 5.40. The first kappa shape index (κ1) is 16.4. The van der Waals surface area contributed by atoms with Crippen LogP contribution in [0.5, 0.6) is 0 Å². The molecule has 1 amide bonds. The number of carbonyl (C=O) groups excluding carboxylic acids is 1. The van der Waals surface area contributed by atoms with E-state index in [9.17, 15) is 9.90 Å². The molecular weight excluding hydrogens is 326 g/mol. The van der Waals surface area contributed by atoms with Gasteiger partial charge < -0.3 is 19.3 Å². The third-order valence-electron chi connectivity index (χ3n) is 3.42. The van der Waals surface area contributed by atoms with E-state index in [-0.39, 0.29) is 18.2 Å². The summed E-state index contributed by atoms with van der Waals surface area (Å²) in [5, 5.41) is 12.6. The fourth-order valence-electron chi connectivity index (χ4n) is 2.18. The molecule has 124 valence electrons. The van der Waals surface area contributed by atoms with Crippen molar-refractivity contribution in [3.8, 4) is 0 Å². The number of rotatable bonds is 7. The fourth-order valence-corrected chi connectivity index (χ4v) is 3.08. The number of furan rings is 2. The van der Waals surface area contributed by atoms with Crippen molar-refractivity contribution in [3.05, 3.63) is 78.1 Å². The lowest BCUT2D eigenvalue weighted by Gasteiger charge is -2.09. The van der Waals surface area contributed by atoms with Gasteiger partial charge in [-0.1, -0.05) is 18.2 Å². The van der Waals surface area contributed by atoms with Gasteiger partial charge in [-0.05, 0) is 30.3 Å². The van der Waals surface area contributed by atoms with Crippen LogP contribution in [0.15, 0.2) is 74.8 Å². The van der Waals surface area contributed by atoms with Gasteiger partial charge in [-0.3, -0.25) is 4.79 Å². The number of nitrogens with one attached hydrogen (secondary N) is 1. The second-order valence-corrected chi connectivity index (χ2v) is 6.17. The first-order chi connectivity index (χ1) is 11.7. The Bertz CT molecular complexity index is 767. The van der Waals surface area contributed by atoms with Crippen LogP contribution >= 0.6 is 11.8 Å². The molecule has 2 N–H and O–H groups in total. The number of hydrogen-bond acceptors (Lipinski definition) is 5. The maximum atomic E-state index is 12.3. The van der Waals surface area contributed by atoms with Crippen molar-refractivity contribution in [2.75, 3.05) is 6.54 Å². The smallest absolute Gasteiger partial charge is 0.287 e. The van der Waals surface area contributed by atoms with Gasteiger partial charge in [0.2, 0.25) is 0 Å². The summed E-state index contributed by atoms with van der Waals surface area (Å²) < 4.78 is 10.4. The molecule has 3 rings (SSSR count). The predicted molar refractivity (Wildman–Crippen MR) is 90.7 cm³/mol. The van der Waals surface area contributed by atoms with Crippen LogP contribution in [0.1, 0.15) is 28.0 Å². The maximum Gasteiger partial charge on any atom is 0.287 e. The highest BCUT2D eigenvalue weighted by molar-refractivity contribution is 7.98. The zero-order valence-corrected chi connectivity index (χ0v) is 13.7. The molecule has 0 fully saturated rings. The van der Waals surface area contributed by atoms with Crippen LogP contribution in [0.2, 0.25) is 0 Å². The number of hydrogen-bond donors (Lipinski definition) is 2. The topological polar surface area (TPSA) is 75.6 Å². The minimum Gasteiger partial charge on any atom is -0.467 e. The van der Waals surface area contributed by atoms with Crippen molar-refractivity contribution in [1.29, 1.82) is 0 Å². The molecule has 24 heavy (non-hydrogen) atoms. The molecule has 0 bridgehead atoms. The standard InChI is InChI=1S/C18H17NO4S/c20-15(16-7-4-9-22-16)11-19-18(21)17-13(8-10-23-17)12-24-14-5-2-1-3-6-14/h1-10,15,20H,11-12H2,(H,19,21). The first-order valence-corrected chi connectivity index (χ1v) is 8.46. The van der Waals surface area contributed by atoms with Gasteiger partial charge in [0.25, 0.3) is 5.91 Å². The monoisotopic (exact) mass is 343 g/mol. The van der Waals surface area contributed by atoms with Crippen molar-refractivity contribution in [2.24, 2.45) is 0 Å². The highest BCUT2D eigenvalue weighted by Gasteiger charge is 2.18. The SMILES string of the molecule is O=C(NCC(O)c1ccco1)c1occc1CSc1ccccc1. The summed E-state index contributed by atoms with van der Waals surface area (Å²) in [5.74, 6) is 0.957. The van der Waals surface area contributed by atoms with E-state index in [1.54, 1.807) is 30.0 Å². The Morgan fingerprint density at radius 1 is 1.08 bits per heavy atom. The second-order valence-electron chi connectivity index (χ2n) is 5.12. The summed E-state index contributed by atoms with van der Waals surface area (Å²) in [6.45, 7) is 0.0539. The number of aliphatic hydroxyl groups is 1. The molecule has 1 atom stereocenters. The molecule has 0 aliphatic carbocycles. The molecule has 6 heteroatoms. The lowest BCUT2D eigenvalue weighted by Crippen LogP contribution is -2.28. The van der Waals surface area contributed by atoms with Crippen molar-refractivity contribution in [1.82, 2.24) is 5.32 Å². The van der Waals surface area contributed by atoms with Crippen molar-refractivity contribution < 1.29 is 18.7 Å². The molecule has 1 unspecified atom stereocenters. The van der Waals surface area contributed by atoms with E-state index in [1.807, 2.05) is 30.3 Å².